The summed E-state index contributed by atoms with van der Waals surface area (Å²) in [5.41, 5.74) is 0.0926. The zero-order chi connectivity index (χ0) is 16.3. The van der Waals surface area contributed by atoms with E-state index in [1.807, 2.05) is 0 Å². The van der Waals surface area contributed by atoms with Crippen molar-refractivity contribution >= 4 is 11.6 Å². The highest BCUT2D eigenvalue weighted by Crippen LogP contribution is 2.33. The summed E-state index contributed by atoms with van der Waals surface area (Å²) in [5, 5.41) is 0. The highest BCUT2D eigenvalue weighted by Gasteiger charge is 2.40. The molecule has 0 spiro atoms. The van der Waals surface area contributed by atoms with Gasteiger partial charge in [0.1, 0.15) is 18.4 Å². The number of hydrogen-bond donors (Lipinski definition) is 0. The van der Waals surface area contributed by atoms with Gasteiger partial charge in [-0.25, -0.2) is 0 Å². The Bertz CT molecular complexity index is 533. The summed E-state index contributed by atoms with van der Waals surface area (Å²) < 4.78 is 49.1. The highest BCUT2D eigenvalue weighted by molar-refractivity contribution is 5.98. The first-order valence-electron chi connectivity index (χ1n) is 6.96. The third-order valence-corrected chi connectivity index (χ3v) is 3.61. The molecule has 0 aromatic heterocycles. The Balaban J connectivity index is 2.36. The second-order valence-corrected chi connectivity index (χ2v) is 5.27. The van der Waals surface area contributed by atoms with Crippen LogP contribution in [0, 0.1) is 5.92 Å². The van der Waals surface area contributed by atoms with Crippen LogP contribution in [-0.2, 0) is 9.53 Å². The molecule has 22 heavy (non-hydrogen) atoms. The van der Waals surface area contributed by atoms with Crippen LogP contribution in [0.3, 0.4) is 0 Å². The maximum absolute atomic E-state index is 12.9. The number of carbonyl (C=O) groups is 1. The third kappa shape index (κ3) is 3.71. The lowest BCUT2D eigenvalue weighted by Crippen LogP contribution is -2.46. The van der Waals surface area contributed by atoms with Crippen LogP contribution in [0.5, 0.6) is 5.75 Å². The van der Waals surface area contributed by atoms with E-state index in [0.29, 0.717) is 17.9 Å². The van der Waals surface area contributed by atoms with Crippen molar-refractivity contribution in [2.24, 2.45) is 5.92 Å². The van der Waals surface area contributed by atoms with E-state index in [4.69, 9.17) is 9.47 Å². The molecule has 1 aromatic carbocycles. The molecular formula is C15H18F3NO3. The summed E-state index contributed by atoms with van der Waals surface area (Å²) in [4.78, 5) is 13.2. The quantitative estimate of drug-likeness (QED) is 0.857. The van der Waals surface area contributed by atoms with Crippen LogP contribution in [0.1, 0.15) is 13.3 Å². The molecule has 0 unspecified atom stereocenters. The fourth-order valence-corrected chi connectivity index (χ4v) is 2.48. The molecule has 1 heterocycles. The van der Waals surface area contributed by atoms with Gasteiger partial charge in [-0.1, -0.05) is 19.1 Å². The van der Waals surface area contributed by atoms with Gasteiger partial charge < -0.3 is 9.47 Å². The molecule has 0 bridgehead atoms. The number of rotatable bonds is 4. The van der Waals surface area contributed by atoms with Crippen LogP contribution in [0.2, 0.25) is 0 Å². The number of benzene rings is 1. The van der Waals surface area contributed by atoms with Crippen LogP contribution in [0.4, 0.5) is 18.9 Å². The van der Waals surface area contributed by atoms with E-state index in [-0.39, 0.29) is 17.4 Å². The van der Waals surface area contributed by atoms with Gasteiger partial charge in [0.2, 0.25) is 0 Å². The molecule has 1 aliphatic heterocycles. The zero-order valence-electron chi connectivity index (χ0n) is 12.4. The van der Waals surface area contributed by atoms with E-state index in [1.54, 1.807) is 19.1 Å². The summed E-state index contributed by atoms with van der Waals surface area (Å²) in [6, 6.07) is 6.15. The van der Waals surface area contributed by atoms with E-state index in [1.165, 1.54) is 19.2 Å². The lowest BCUT2D eigenvalue weighted by molar-refractivity contribution is -0.139. The summed E-state index contributed by atoms with van der Waals surface area (Å²) in [7, 11) is 1.35. The largest absolute Gasteiger partial charge is 0.495 e. The molecule has 2 rings (SSSR count). The number of nitrogens with zero attached hydrogens (tertiary/aromatic N) is 1. The average molecular weight is 317 g/mol. The van der Waals surface area contributed by atoms with Crippen LogP contribution < -0.4 is 9.64 Å². The van der Waals surface area contributed by atoms with Crippen molar-refractivity contribution in [2.45, 2.75) is 25.6 Å². The highest BCUT2D eigenvalue weighted by atomic mass is 19.4. The minimum absolute atomic E-state index is 0.0926. The summed E-state index contributed by atoms with van der Waals surface area (Å²) in [5.74, 6) is -0.587. The number of ether oxygens (including phenoxy) is 2. The topological polar surface area (TPSA) is 38.8 Å². The SMILES string of the molecule is COc1ccccc1N(CC(F)(F)F)C(=O)[C@H]1OCC[C@@H]1C. The van der Waals surface area contributed by atoms with Crippen molar-refractivity contribution in [1.29, 1.82) is 0 Å². The van der Waals surface area contributed by atoms with Gasteiger partial charge in [-0.05, 0) is 24.5 Å². The molecule has 0 aliphatic carbocycles. The van der Waals surface area contributed by atoms with Crippen LogP contribution in [0.15, 0.2) is 24.3 Å². The monoisotopic (exact) mass is 317 g/mol. The van der Waals surface area contributed by atoms with Crippen molar-refractivity contribution in [2.75, 3.05) is 25.2 Å². The molecule has 2 atom stereocenters. The number of alkyl halides is 3. The fourth-order valence-electron chi connectivity index (χ4n) is 2.48. The van der Waals surface area contributed by atoms with E-state index >= 15 is 0 Å². The molecule has 1 aliphatic rings. The Kier molecular flexibility index (Phi) is 4.95. The maximum Gasteiger partial charge on any atom is 0.406 e. The molecule has 0 saturated carbocycles. The lowest BCUT2D eigenvalue weighted by Gasteiger charge is -2.28. The van der Waals surface area contributed by atoms with E-state index < -0.39 is 24.7 Å². The Hall–Kier alpha value is -1.76. The number of amides is 1. The van der Waals surface area contributed by atoms with Crippen molar-refractivity contribution in [3.63, 3.8) is 0 Å². The second kappa shape index (κ2) is 6.56. The number of methoxy groups -OCH3 is 1. The van der Waals surface area contributed by atoms with Gasteiger partial charge in [-0.15, -0.1) is 0 Å². The van der Waals surface area contributed by atoms with Crippen molar-refractivity contribution in [1.82, 2.24) is 0 Å². The number of halogens is 3. The Morgan fingerprint density at radius 3 is 2.64 bits per heavy atom. The molecule has 7 heteroatoms. The third-order valence-electron chi connectivity index (χ3n) is 3.61. The first-order chi connectivity index (χ1) is 10.3. The molecule has 1 saturated heterocycles. The van der Waals surface area contributed by atoms with E-state index in [0.717, 1.165) is 0 Å². The first-order valence-corrected chi connectivity index (χ1v) is 6.96. The zero-order valence-corrected chi connectivity index (χ0v) is 12.4. The predicted molar refractivity (Wildman–Crippen MR) is 74.9 cm³/mol. The smallest absolute Gasteiger partial charge is 0.406 e. The molecule has 0 N–H and O–H groups in total. The minimum Gasteiger partial charge on any atom is -0.495 e. The standard InChI is InChI=1S/C15H18F3NO3/c1-10-7-8-22-13(10)14(20)19(9-15(16,17)18)11-5-3-4-6-12(11)21-2/h3-6,10,13H,7-9H2,1-2H3/t10-,13-/m0/s1. The van der Waals surface area contributed by atoms with Gasteiger partial charge in [0.25, 0.3) is 5.91 Å². The van der Waals surface area contributed by atoms with Gasteiger partial charge in [0, 0.05) is 6.61 Å². The number of para-hydroxylation sites is 2. The maximum atomic E-state index is 12.9. The van der Waals surface area contributed by atoms with Crippen molar-refractivity contribution in [3.05, 3.63) is 24.3 Å². The molecule has 122 valence electrons. The van der Waals surface area contributed by atoms with Gasteiger partial charge >= 0.3 is 6.18 Å². The first kappa shape index (κ1) is 16.6. The van der Waals surface area contributed by atoms with Crippen molar-refractivity contribution < 1.29 is 27.4 Å². The fraction of sp³-hybridized carbons (Fsp3) is 0.533. The Labute approximate surface area is 126 Å². The normalized spacial score (nSPS) is 21.7. The molecule has 4 nitrogen and oxygen atoms in total. The van der Waals surface area contributed by atoms with Gasteiger partial charge in [-0.3, -0.25) is 9.69 Å². The van der Waals surface area contributed by atoms with Gasteiger partial charge in [0.05, 0.1) is 12.8 Å². The van der Waals surface area contributed by atoms with Gasteiger partial charge in [-0.2, -0.15) is 13.2 Å². The van der Waals surface area contributed by atoms with Crippen molar-refractivity contribution in [3.8, 4) is 5.75 Å². The second-order valence-electron chi connectivity index (χ2n) is 5.27. The minimum atomic E-state index is -4.52. The number of anilines is 1. The molecule has 1 fully saturated rings. The average Bonchev–Trinajstić information content (AvgIpc) is 2.89. The van der Waals surface area contributed by atoms with Crippen LogP contribution >= 0.6 is 0 Å². The Morgan fingerprint density at radius 2 is 2.09 bits per heavy atom. The van der Waals surface area contributed by atoms with Crippen LogP contribution in [-0.4, -0.2) is 38.4 Å². The number of carbonyl (C=O) groups excluding carboxylic acids is 1. The van der Waals surface area contributed by atoms with Crippen LogP contribution in [0.25, 0.3) is 0 Å². The van der Waals surface area contributed by atoms with E-state index in [9.17, 15) is 18.0 Å². The lowest BCUT2D eigenvalue weighted by atomic mass is 10.0. The Morgan fingerprint density at radius 1 is 1.41 bits per heavy atom. The molecule has 1 aromatic rings. The summed E-state index contributed by atoms with van der Waals surface area (Å²) >= 11 is 0. The molecule has 1 amide bonds. The molecule has 0 radical (unpaired) electrons. The molecular weight excluding hydrogens is 299 g/mol. The predicted octanol–water partition coefficient (Wildman–Crippen LogP) is 3.02. The summed E-state index contributed by atoms with van der Waals surface area (Å²) in [6.45, 7) is 0.797. The van der Waals surface area contributed by atoms with Gasteiger partial charge in [0.15, 0.2) is 0 Å². The van der Waals surface area contributed by atoms with E-state index in [2.05, 4.69) is 0 Å². The number of hydrogen-bond acceptors (Lipinski definition) is 3. The summed E-state index contributed by atoms with van der Waals surface area (Å²) in [6.07, 6.45) is -4.71.